The molecule has 0 saturated carbocycles. The van der Waals surface area contributed by atoms with Gasteiger partial charge < -0.3 is 19.5 Å². The van der Waals surface area contributed by atoms with Crippen molar-refractivity contribution in [3.05, 3.63) is 154 Å². The molecule has 0 fully saturated rings. The summed E-state index contributed by atoms with van der Waals surface area (Å²) >= 11 is 0. The third kappa shape index (κ3) is 15.3. The molecule has 0 bridgehead atoms. The molecule has 19 nitrogen and oxygen atoms in total. The van der Waals surface area contributed by atoms with Crippen LogP contribution in [0.5, 0.6) is 11.5 Å². The summed E-state index contributed by atoms with van der Waals surface area (Å²) in [5.41, 5.74) is 10.9. The molecule has 4 aliphatic rings. The number of imidazole rings is 1. The second kappa shape index (κ2) is 29.5. The van der Waals surface area contributed by atoms with Crippen LogP contribution < -0.4 is 14.0 Å². The van der Waals surface area contributed by atoms with Gasteiger partial charge in [0.25, 0.3) is 5.91 Å². The number of amides is 1. The average Bonchev–Trinajstić information content (AvgIpc) is 2.51. The summed E-state index contributed by atoms with van der Waals surface area (Å²) in [4.78, 5) is 43.3. The highest BCUT2D eigenvalue weighted by Gasteiger charge is 2.28. The van der Waals surface area contributed by atoms with Crippen LogP contribution in [0.25, 0.3) is 22.4 Å². The molecule has 3 aliphatic heterocycles. The van der Waals surface area contributed by atoms with E-state index in [0.29, 0.717) is 76.6 Å². The van der Waals surface area contributed by atoms with Crippen LogP contribution in [0.15, 0.2) is 80.1 Å². The maximum atomic E-state index is 14.6. The molecule has 0 saturated heterocycles. The average molecular weight is 1170 g/mol. The molecule has 0 atom stereocenters. The Hall–Kier alpha value is -8.77. The van der Waals surface area contributed by atoms with Gasteiger partial charge in [0.2, 0.25) is 18.3 Å². The zero-order valence-electron chi connectivity index (χ0n) is 48.7. The minimum Gasteiger partial charge on any atom is -0.493 e. The number of carboxylic acids is 1. The van der Waals surface area contributed by atoms with E-state index in [0.717, 1.165) is 99.2 Å². The van der Waals surface area contributed by atoms with E-state index >= 15 is 0 Å². The van der Waals surface area contributed by atoms with Crippen molar-refractivity contribution in [2.45, 2.75) is 105 Å². The molecular formula is C59H70F6N13O6+. The third-order valence-electron chi connectivity index (χ3n) is 14.0. The number of halogens is 6. The summed E-state index contributed by atoms with van der Waals surface area (Å²) in [6, 6.07) is 7.94. The summed E-state index contributed by atoms with van der Waals surface area (Å²) in [7, 11) is 4.39. The zero-order chi connectivity index (χ0) is 61.4. The van der Waals surface area contributed by atoms with Crippen LogP contribution in [0.2, 0.25) is 0 Å². The summed E-state index contributed by atoms with van der Waals surface area (Å²) < 4.78 is 102. The number of alkyl halides is 4. The van der Waals surface area contributed by atoms with Gasteiger partial charge in [-0.05, 0) is 104 Å². The fourth-order valence-corrected chi connectivity index (χ4v) is 10.2. The van der Waals surface area contributed by atoms with Gasteiger partial charge >= 0.3 is 12.1 Å². The summed E-state index contributed by atoms with van der Waals surface area (Å²) in [5.74, 6) is 1.93. The summed E-state index contributed by atoms with van der Waals surface area (Å²) in [5, 5.41) is 29.3. The summed E-state index contributed by atoms with van der Waals surface area (Å²) in [6.45, 7) is 6.40. The van der Waals surface area contributed by atoms with Crippen LogP contribution in [0.4, 0.5) is 26.3 Å². The highest BCUT2D eigenvalue weighted by molar-refractivity contribution is 5.93. The second-order valence-electron chi connectivity index (χ2n) is 19.3. The topological polar surface area (TPSA) is 206 Å². The van der Waals surface area contributed by atoms with Crippen molar-refractivity contribution in [3.63, 3.8) is 0 Å². The van der Waals surface area contributed by atoms with E-state index < -0.39 is 25.6 Å². The van der Waals surface area contributed by atoms with Crippen LogP contribution >= 0.6 is 0 Å². The van der Waals surface area contributed by atoms with Gasteiger partial charge in [-0.15, -0.1) is 20.4 Å². The number of rotatable bonds is 10. The number of nitrogens with zero attached hydrogens (tertiary/aromatic N) is 13. The lowest BCUT2D eigenvalue weighted by atomic mass is 9.95. The number of hydrogen-bond acceptors (Lipinski definition) is 12. The fourth-order valence-electron chi connectivity index (χ4n) is 10.2. The Balaban J connectivity index is 0.000000206. The normalized spacial score (nSPS) is 14.2. The minimum atomic E-state index is -4.64. The van der Waals surface area contributed by atoms with Gasteiger partial charge in [0.05, 0.1) is 41.5 Å². The van der Waals surface area contributed by atoms with Crippen LogP contribution in [-0.2, 0) is 64.5 Å². The molecule has 0 unspecified atom stereocenters. The Kier molecular flexibility index (Phi) is 21.5. The van der Waals surface area contributed by atoms with E-state index in [9.17, 15) is 35.9 Å². The number of fused-ring (bicyclic) bond motifs is 4. The first-order chi connectivity index (χ1) is 40.8. The van der Waals surface area contributed by atoms with Crippen molar-refractivity contribution in [2.24, 2.45) is 21.1 Å². The molecule has 25 heteroatoms. The standard InChI is InChI=1S/C26H27FN7O2.C21H21FN4O.C6H8N2O2.C2HF3O.C2H6.CH3F.CH4/c1-31-14-22(32(2)16-31)26(35)33-10-7-17(8-11-33)20-13-28-24(34-15-29-30-25(20)34)6-3-18-19-9-12-36-23(19)5-4-21(18)27;22-18-7-8-19-16(10-11-27-19)15(18)6-9-20-23-12-17(14-4-2-1-3-5-14)21-25-24-13-26(20)21;1-4-3-5(6(9)10)8(2)7-4;3-2(4,5)1-6;2*1-2;/h4-5,7,13-16H,3,6,8-12H2,1-2H3;4,7-8,12-13H,1-3,5-6,9-11H2;3H,1-2H3,(H,9,10);1H;1-2H3;1H3;1H4/q+1;;;;;;/i;;;;2*1D;. The molecule has 6 aromatic heterocycles. The number of carbonyl (C=O) groups excluding carboxylic acids is 2. The maximum absolute atomic E-state index is 14.6. The molecule has 1 N–H and O–H groups in total. The number of carbonyl (C=O) groups is 3. The van der Waals surface area contributed by atoms with Gasteiger partial charge in [-0.2, -0.15) is 18.3 Å². The SMILES string of the molecule is C.Cc1cc(C(=O)O)n(C)n1.Cn1c[n+](C)cc1C(=O)N1CC=C(c2cnc(CCc3c(F)ccc4c3CCO4)n3cnnc23)CC1.Fc1ccc2c(c1CCc1ncc(C3=CCCCC3)c3nncn13)CCO2.O=CC(F)(F)F.[2H]CC.[2H]CF. The minimum absolute atomic E-state index is 0. The molecular weight excluding hydrogens is 1100 g/mol. The van der Waals surface area contributed by atoms with Crippen molar-refractivity contribution in [1.82, 2.24) is 58.4 Å². The molecule has 8 aromatic rings. The van der Waals surface area contributed by atoms with E-state index in [4.69, 9.17) is 27.1 Å². The van der Waals surface area contributed by atoms with E-state index in [1.165, 1.54) is 41.3 Å². The number of hydrogen-bond donors (Lipinski definition) is 1. The number of aromatic carboxylic acids is 1. The molecule has 2 aromatic carbocycles. The van der Waals surface area contributed by atoms with Crippen LogP contribution in [0.3, 0.4) is 0 Å². The second-order valence-corrected chi connectivity index (χ2v) is 19.3. The predicted molar refractivity (Wildman–Crippen MR) is 301 cm³/mol. The zero-order valence-corrected chi connectivity index (χ0v) is 46.7. The summed E-state index contributed by atoms with van der Waals surface area (Å²) in [6.07, 6.45) is 18.6. The lowest BCUT2D eigenvalue weighted by molar-refractivity contribution is -0.671. The highest BCUT2D eigenvalue weighted by atomic mass is 19.4. The number of ether oxygens (including phenoxy) is 2. The number of aromatic nitrogens is 12. The maximum Gasteiger partial charge on any atom is 0.446 e. The van der Waals surface area contributed by atoms with Crippen LogP contribution in [0.1, 0.15) is 128 Å². The van der Waals surface area contributed by atoms with Gasteiger partial charge in [0, 0.05) is 81.8 Å². The van der Waals surface area contributed by atoms with Gasteiger partial charge in [-0.1, -0.05) is 33.4 Å². The van der Waals surface area contributed by atoms with Crippen molar-refractivity contribution in [3.8, 4) is 11.5 Å². The van der Waals surface area contributed by atoms with Gasteiger partial charge in [0.15, 0.2) is 11.3 Å². The van der Waals surface area contributed by atoms with E-state index in [1.807, 2.05) is 61.8 Å². The van der Waals surface area contributed by atoms with Crippen LogP contribution in [0, 0.1) is 18.6 Å². The van der Waals surface area contributed by atoms with E-state index in [-0.39, 0.29) is 30.7 Å². The van der Waals surface area contributed by atoms with Crippen molar-refractivity contribution in [1.29, 1.82) is 0 Å². The Labute approximate surface area is 485 Å². The number of allylic oxidation sites excluding steroid dienone is 2. The number of benzene rings is 2. The Morgan fingerprint density at radius 1 is 0.810 bits per heavy atom. The first-order valence-electron chi connectivity index (χ1n) is 28.0. The van der Waals surface area contributed by atoms with Crippen molar-refractivity contribution < 1.29 is 62.6 Å². The molecule has 84 heavy (non-hydrogen) atoms. The monoisotopic (exact) mass is 1170 g/mol. The molecule has 448 valence electrons. The van der Waals surface area contributed by atoms with Gasteiger partial charge in [-0.25, -0.2) is 32.7 Å². The fraction of sp³-hybridized carbons (Fsp3) is 0.407. The predicted octanol–water partition coefficient (Wildman–Crippen LogP) is 9.44. The molecule has 12 rings (SSSR count). The smallest absolute Gasteiger partial charge is 0.446 e. The Morgan fingerprint density at radius 3 is 1.74 bits per heavy atom. The lowest BCUT2D eigenvalue weighted by Crippen LogP contribution is -2.36. The Bertz CT molecular complexity index is 3690. The quantitative estimate of drug-likeness (QED) is 0.0771. The largest absolute Gasteiger partial charge is 0.493 e. The first-order valence-corrected chi connectivity index (χ1v) is 26.6. The highest BCUT2D eigenvalue weighted by Crippen LogP contribution is 2.34. The van der Waals surface area contributed by atoms with Crippen molar-refractivity contribution >= 4 is 40.6 Å². The third-order valence-corrected chi connectivity index (χ3v) is 14.0. The Morgan fingerprint density at radius 2 is 1.33 bits per heavy atom. The van der Waals surface area contributed by atoms with E-state index in [1.54, 1.807) is 45.7 Å². The first kappa shape index (κ1) is 61.3. The molecule has 9 heterocycles. The number of aldehydes is 1. The molecule has 1 amide bonds. The molecule has 1 aliphatic carbocycles. The van der Waals surface area contributed by atoms with Crippen molar-refractivity contribution in [2.75, 3.05) is 33.5 Å². The van der Waals surface area contributed by atoms with Gasteiger partial charge in [-0.3, -0.25) is 27.5 Å². The number of aryl methyl sites for hydroxylation is 6. The molecule has 0 spiro atoms. The van der Waals surface area contributed by atoms with E-state index in [2.05, 4.69) is 42.6 Å². The van der Waals surface area contributed by atoms with Crippen LogP contribution in [-0.4, -0.2) is 121 Å². The van der Waals surface area contributed by atoms with Gasteiger partial charge in [0.1, 0.15) is 59.3 Å². The number of carboxylic acid groups (broad SMARTS) is 1. The molecule has 0 radical (unpaired) electrons. The lowest BCUT2D eigenvalue weighted by Gasteiger charge is -2.25.